The summed E-state index contributed by atoms with van der Waals surface area (Å²) in [5, 5.41) is 0. The van der Waals surface area contributed by atoms with Gasteiger partial charge in [0, 0.05) is 52.9 Å². The zero-order valence-corrected chi connectivity index (χ0v) is 22.8. The van der Waals surface area contributed by atoms with E-state index < -0.39 is 21.6 Å². The van der Waals surface area contributed by atoms with E-state index in [9.17, 15) is 8.42 Å². The van der Waals surface area contributed by atoms with Crippen LogP contribution in [0.5, 0.6) is 0 Å². The van der Waals surface area contributed by atoms with E-state index >= 15 is 0 Å². The molecule has 0 amide bonds. The van der Waals surface area contributed by atoms with E-state index in [0.29, 0.717) is 0 Å². The van der Waals surface area contributed by atoms with Gasteiger partial charge in [-0.25, -0.2) is 0 Å². The maximum Gasteiger partial charge on any atom is 0.0504 e. The molecule has 1 aromatic carbocycles. The lowest BCUT2D eigenvalue weighted by Crippen LogP contribution is -1.98. The number of unbranched alkanes of at least 4 members (excludes halogenated alkanes) is 4. The smallest absolute Gasteiger partial charge is 0.0504 e. The highest BCUT2D eigenvalue weighted by atomic mass is 32.2. The van der Waals surface area contributed by atoms with Crippen molar-refractivity contribution in [2.24, 2.45) is 0 Å². The van der Waals surface area contributed by atoms with Crippen LogP contribution in [0, 0.1) is 0 Å². The van der Waals surface area contributed by atoms with E-state index in [2.05, 4.69) is 38.1 Å². The maximum absolute atomic E-state index is 12.7. The van der Waals surface area contributed by atoms with Gasteiger partial charge in [-0.1, -0.05) is 39.5 Å². The summed E-state index contributed by atoms with van der Waals surface area (Å²) in [7, 11) is -2.26. The first-order valence-corrected chi connectivity index (χ1v) is 16.2. The summed E-state index contributed by atoms with van der Waals surface area (Å²) >= 11 is 3.55. The first-order chi connectivity index (χ1) is 15.4. The zero-order valence-electron chi connectivity index (χ0n) is 19.6. The highest BCUT2D eigenvalue weighted by Crippen LogP contribution is 2.40. The Hall–Kier alpha value is -1.08. The van der Waals surface area contributed by atoms with Gasteiger partial charge in [0.2, 0.25) is 0 Å². The average Bonchev–Trinajstić information content (AvgIpc) is 3.43. The second kappa shape index (κ2) is 12.4. The van der Waals surface area contributed by atoms with Crippen LogP contribution in [-0.2, 0) is 34.4 Å². The normalized spacial score (nSPS) is 13.4. The SMILES string of the molecule is CCCCCc1ccc(-c2cc(S(C)=O)c(-c3ccc(CCCCC)s3)cc2S(C)=O)s1. The summed E-state index contributed by atoms with van der Waals surface area (Å²) in [4.78, 5) is 6.62. The third-order valence-electron chi connectivity index (χ3n) is 5.61. The number of aryl methyl sites for hydroxylation is 2. The summed E-state index contributed by atoms with van der Waals surface area (Å²) in [5.74, 6) is 0. The molecule has 2 heterocycles. The van der Waals surface area contributed by atoms with Crippen LogP contribution in [0.1, 0.15) is 62.1 Å². The Balaban J connectivity index is 2.00. The van der Waals surface area contributed by atoms with E-state index in [-0.39, 0.29) is 0 Å². The fraction of sp³-hybridized carbons (Fsp3) is 0.462. The molecule has 2 nitrogen and oxygen atoms in total. The van der Waals surface area contributed by atoms with Crippen molar-refractivity contribution in [2.45, 2.75) is 75.0 Å². The molecule has 0 saturated heterocycles. The molecule has 6 heteroatoms. The fourth-order valence-electron chi connectivity index (χ4n) is 3.83. The number of thiophene rings is 2. The van der Waals surface area contributed by atoms with Crippen molar-refractivity contribution >= 4 is 44.3 Å². The molecular formula is C26H34O2S4. The molecule has 0 aliphatic carbocycles. The molecule has 3 rings (SSSR count). The molecule has 2 aromatic heterocycles. The summed E-state index contributed by atoms with van der Waals surface area (Å²) in [6.07, 6.45) is 13.0. The number of hydrogen-bond donors (Lipinski definition) is 0. The molecule has 0 spiro atoms. The van der Waals surface area contributed by atoms with Crippen LogP contribution in [0.15, 0.2) is 46.2 Å². The van der Waals surface area contributed by atoms with Crippen LogP contribution >= 0.6 is 22.7 Å². The Morgan fingerprint density at radius 1 is 0.656 bits per heavy atom. The Kier molecular flexibility index (Phi) is 9.90. The molecule has 0 radical (unpaired) electrons. The molecule has 0 aliphatic rings. The minimum Gasteiger partial charge on any atom is -0.255 e. The van der Waals surface area contributed by atoms with Crippen molar-refractivity contribution in [3.8, 4) is 20.9 Å². The molecule has 32 heavy (non-hydrogen) atoms. The lowest BCUT2D eigenvalue weighted by molar-refractivity contribution is 0.685. The van der Waals surface area contributed by atoms with E-state index in [0.717, 1.165) is 43.5 Å². The van der Waals surface area contributed by atoms with Gasteiger partial charge in [-0.3, -0.25) is 8.42 Å². The fourth-order valence-corrected chi connectivity index (χ4v) is 7.65. The molecule has 0 N–H and O–H groups in total. The lowest BCUT2D eigenvalue weighted by atomic mass is 10.1. The number of benzene rings is 1. The van der Waals surface area contributed by atoms with Crippen molar-refractivity contribution in [2.75, 3.05) is 12.5 Å². The van der Waals surface area contributed by atoms with Gasteiger partial charge in [0.1, 0.15) is 0 Å². The molecular weight excluding hydrogens is 473 g/mol. The minimum absolute atomic E-state index is 0.831. The quantitative estimate of drug-likeness (QED) is 0.233. The van der Waals surface area contributed by atoms with Gasteiger partial charge in [-0.2, -0.15) is 0 Å². The van der Waals surface area contributed by atoms with Crippen LogP contribution in [0.25, 0.3) is 20.9 Å². The number of rotatable bonds is 12. The summed E-state index contributed by atoms with van der Waals surface area (Å²) in [5.41, 5.74) is 1.93. The first kappa shape index (κ1) is 25.5. The Labute approximate surface area is 206 Å². The van der Waals surface area contributed by atoms with Crippen molar-refractivity contribution < 1.29 is 8.42 Å². The highest BCUT2D eigenvalue weighted by Gasteiger charge is 2.19. The van der Waals surface area contributed by atoms with Gasteiger partial charge in [0.25, 0.3) is 0 Å². The minimum atomic E-state index is -1.13. The predicted molar refractivity (Wildman–Crippen MR) is 144 cm³/mol. The monoisotopic (exact) mass is 506 g/mol. The van der Waals surface area contributed by atoms with Crippen molar-refractivity contribution in [1.29, 1.82) is 0 Å². The largest absolute Gasteiger partial charge is 0.255 e. The van der Waals surface area contributed by atoms with Gasteiger partial charge in [0.15, 0.2) is 0 Å². The van der Waals surface area contributed by atoms with Crippen LogP contribution in [-0.4, -0.2) is 20.9 Å². The summed E-state index contributed by atoms with van der Waals surface area (Å²) in [6, 6.07) is 12.7. The lowest BCUT2D eigenvalue weighted by Gasteiger charge is -2.13. The average molecular weight is 507 g/mol. The topological polar surface area (TPSA) is 34.1 Å². The van der Waals surface area contributed by atoms with Crippen LogP contribution < -0.4 is 0 Å². The third-order valence-corrected chi connectivity index (χ3v) is 9.88. The van der Waals surface area contributed by atoms with Gasteiger partial charge >= 0.3 is 0 Å². The predicted octanol–water partition coefficient (Wildman–Crippen LogP) is 8.08. The third kappa shape index (κ3) is 6.49. The molecule has 0 bridgehead atoms. The second-order valence-corrected chi connectivity index (χ2v) is 13.2. The Morgan fingerprint density at radius 3 is 1.41 bits per heavy atom. The first-order valence-electron chi connectivity index (χ1n) is 11.5. The Morgan fingerprint density at radius 2 is 1.06 bits per heavy atom. The van der Waals surface area contributed by atoms with Crippen molar-refractivity contribution in [1.82, 2.24) is 0 Å². The molecule has 2 unspecified atom stereocenters. The van der Waals surface area contributed by atoms with E-state index in [4.69, 9.17) is 0 Å². The molecule has 0 saturated carbocycles. The van der Waals surface area contributed by atoms with Crippen LogP contribution in [0.2, 0.25) is 0 Å². The summed E-state index contributed by atoms with van der Waals surface area (Å²) < 4.78 is 25.5. The van der Waals surface area contributed by atoms with Crippen molar-refractivity contribution in [3.63, 3.8) is 0 Å². The van der Waals surface area contributed by atoms with Gasteiger partial charge in [0.05, 0.1) is 21.6 Å². The molecule has 0 aliphatic heterocycles. The highest BCUT2D eigenvalue weighted by molar-refractivity contribution is 7.85. The van der Waals surface area contributed by atoms with Gasteiger partial charge in [-0.05, 0) is 62.1 Å². The van der Waals surface area contributed by atoms with Crippen LogP contribution in [0.3, 0.4) is 0 Å². The van der Waals surface area contributed by atoms with Gasteiger partial charge in [-0.15, -0.1) is 22.7 Å². The number of hydrogen-bond acceptors (Lipinski definition) is 4. The summed E-state index contributed by atoms with van der Waals surface area (Å²) in [6.45, 7) is 4.44. The molecule has 3 aromatic rings. The Bertz CT molecular complexity index is 991. The van der Waals surface area contributed by atoms with Crippen molar-refractivity contribution in [3.05, 3.63) is 46.2 Å². The van der Waals surface area contributed by atoms with E-state index in [1.807, 2.05) is 12.1 Å². The second-order valence-electron chi connectivity index (χ2n) is 8.20. The molecule has 0 fully saturated rings. The standard InChI is InChI=1S/C26H34O2S4/c1-5-7-9-11-19-13-15-23(29-19)21-17-26(32(4)28)22(18-25(21)31(3)27)24-16-14-20(30-24)12-10-8-6-2/h13-18H,5-12H2,1-4H3. The molecule has 174 valence electrons. The van der Waals surface area contributed by atoms with E-state index in [1.165, 1.54) is 48.3 Å². The van der Waals surface area contributed by atoms with E-state index in [1.54, 1.807) is 35.2 Å². The zero-order chi connectivity index (χ0) is 23.1. The van der Waals surface area contributed by atoms with Crippen LogP contribution in [0.4, 0.5) is 0 Å². The molecule has 2 atom stereocenters. The maximum atomic E-state index is 12.7. The van der Waals surface area contributed by atoms with Gasteiger partial charge < -0.3 is 0 Å².